The van der Waals surface area contributed by atoms with Crippen LogP contribution < -0.4 is 10.6 Å². The number of hydrogen-bond donors (Lipinski definition) is 2. The van der Waals surface area contributed by atoms with E-state index >= 15 is 4.79 Å². The summed E-state index contributed by atoms with van der Waals surface area (Å²) in [6, 6.07) is 0.845. The second-order valence-electron chi connectivity index (χ2n) is 19.8. The highest BCUT2D eigenvalue weighted by atomic mass is 16.2. The van der Waals surface area contributed by atoms with E-state index < -0.39 is 0 Å². The first-order chi connectivity index (χ1) is 25.7. The Morgan fingerprint density at radius 3 is 1.00 bits per heavy atom. The van der Waals surface area contributed by atoms with Gasteiger partial charge in [-0.25, -0.2) is 4.79 Å². The molecule has 54 heavy (non-hydrogen) atoms. The third-order valence-corrected chi connectivity index (χ3v) is 15.5. The summed E-state index contributed by atoms with van der Waals surface area (Å²) in [7, 11) is 0. The largest absolute Gasteiger partial charge is 0.321 e. The van der Waals surface area contributed by atoms with Crippen molar-refractivity contribution in [1.29, 1.82) is 0 Å². The fraction of sp³-hybridized carbons (Fsp3) is 0.980. The van der Waals surface area contributed by atoms with Gasteiger partial charge in [0.2, 0.25) is 0 Å². The third-order valence-electron chi connectivity index (χ3n) is 15.5. The van der Waals surface area contributed by atoms with Crippen LogP contribution in [0.3, 0.4) is 0 Å². The quantitative estimate of drug-likeness (QED) is 0.0781. The van der Waals surface area contributed by atoms with Crippen LogP contribution in [-0.2, 0) is 0 Å². The molecule has 0 saturated carbocycles. The average Bonchev–Trinajstić information content (AvgIpc) is 3.16. The van der Waals surface area contributed by atoms with Gasteiger partial charge in [-0.05, 0) is 90.9 Å². The number of unbranched alkanes of at least 4 members (excludes halogenated alkanes) is 18. The monoisotopic (exact) mass is 759 g/mol. The standard InChI is InChI=1S/C49H98N4O/c1-13-19-21-23-25-27-29-31-33-35-37-52(43-39-46(9,15-3)50-48(11,17-5)41(43)7)45(54)53(38-36-34-32-30-28-26-24-22-20-14-2)44-40-47(10,16-4)51-49(12,18-6)42(44)8/h41-44,50-51H,13-40H2,1-12H3. The first-order valence-electron chi connectivity index (χ1n) is 24.4. The smallest absolute Gasteiger partial charge is 0.320 e. The number of nitrogens with one attached hydrogen (secondary N) is 2. The van der Waals surface area contributed by atoms with Crippen molar-refractivity contribution in [1.82, 2.24) is 20.4 Å². The normalized spacial score (nSPS) is 31.5. The predicted octanol–water partition coefficient (Wildman–Crippen LogP) is 14.2. The molecule has 0 bridgehead atoms. The van der Waals surface area contributed by atoms with Crippen molar-refractivity contribution in [2.45, 2.75) is 284 Å². The van der Waals surface area contributed by atoms with Crippen LogP contribution in [-0.4, -0.2) is 63.2 Å². The molecule has 0 aromatic carbocycles. The van der Waals surface area contributed by atoms with Crippen molar-refractivity contribution in [2.75, 3.05) is 13.1 Å². The van der Waals surface area contributed by atoms with E-state index in [4.69, 9.17) is 0 Å². The van der Waals surface area contributed by atoms with Gasteiger partial charge in [-0.3, -0.25) is 0 Å². The van der Waals surface area contributed by atoms with Crippen LogP contribution in [0.15, 0.2) is 0 Å². The Balaban J connectivity index is 2.38. The zero-order chi connectivity index (χ0) is 40.3. The molecule has 320 valence electrons. The number of carbonyl (C=O) groups is 1. The maximum Gasteiger partial charge on any atom is 0.320 e. The molecule has 2 heterocycles. The van der Waals surface area contributed by atoms with Gasteiger partial charge in [-0.1, -0.05) is 171 Å². The molecule has 5 nitrogen and oxygen atoms in total. The number of amides is 2. The second kappa shape index (κ2) is 24.8. The summed E-state index contributed by atoms with van der Waals surface area (Å²) in [6.45, 7) is 30.4. The van der Waals surface area contributed by atoms with Gasteiger partial charge in [0.1, 0.15) is 0 Å². The number of piperidine rings is 2. The molecular formula is C49H98N4O. The molecule has 2 aliphatic rings. The van der Waals surface area contributed by atoms with Gasteiger partial charge >= 0.3 is 6.03 Å². The Bertz CT molecular complexity index is 928. The Kier molecular flexibility index (Phi) is 22.7. The Morgan fingerprint density at radius 1 is 0.463 bits per heavy atom. The summed E-state index contributed by atoms with van der Waals surface area (Å²) in [5.41, 5.74) is 0.0798. The second-order valence-corrected chi connectivity index (χ2v) is 19.8. The molecule has 8 unspecified atom stereocenters. The number of carbonyl (C=O) groups excluding carboxylic acids is 1. The zero-order valence-corrected chi connectivity index (χ0v) is 38.9. The summed E-state index contributed by atoms with van der Waals surface area (Å²) < 4.78 is 0. The fourth-order valence-corrected chi connectivity index (χ4v) is 10.4. The maximum atomic E-state index is 15.7. The van der Waals surface area contributed by atoms with Crippen LogP contribution >= 0.6 is 0 Å². The molecular weight excluding hydrogens is 661 g/mol. The lowest BCUT2D eigenvalue weighted by Gasteiger charge is -2.58. The number of urea groups is 1. The van der Waals surface area contributed by atoms with E-state index in [1.54, 1.807) is 0 Å². The molecule has 2 N–H and O–H groups in total. The van der Waals surface area contributed by atoms with Crippen molar-refractivity contribution in [3.05, 3.63) is 0 Å². The minimum Gasteiger partial charge on any atom is -0.321 e. The average molecular weight is 759 g/mol. The first kappa shape index (κ1) is 49.3. The highest BCUT2D eigenvalue weighted by molar-refractivity contribution is 5.75. The van der Waals surface area contributed by atoms with Gasteiger partial charge in [-0.15, -0.1) is 0 Å². The zero-order valence-electron chi connectivity index (χ0n) is 38.9. The number of nitrogens with zero attached hydrogens (tertiary/aromatic N) is 2. The minimum atomic E-state index is 0.00890. The summed E-state index contributed by atoms with van der Waals surface area (Å²) in [5.74, 6) is 0.779. The lowest BCUT2D eigenvalue weighted by atomic mass is 9.68. The van der Waals surface area contributed by atoms with Gasteiger partial charge in [0, 0.05) is 47.3 Å². The lowest BCUT2D eigenvalue weighted by molar-refractivity contribution is -0.0169. The molecule has 2 rings (SSSR count). The number of hydrogen-bond acceptors (Lipinski definition) is 3. The molecule has 0 spiro atoms. The Morgan fingerprint density at radius 2 is 0.741 bits per heavy atom. The van der Waals surface area contributed by atoms with E-state index in [9.17, 15) is 0 Å². The molecule has 2 fully saturated rings. The van der Waals surface area contributed by atoms with Crippen LogP contribution in [0.25, 0.3) is 0 Å². The summed E-state index contributed by atoms with van der Waals surface area (Å²) in [4.78, 5) is 20.7. The Labute approximate surface area is 339 Å². The van der Waals surface area contributed by atoms with E-state index in [0.29, 0.717) is 17.9 Å². The summed E-state index contributed by atoms with van der Waals surface area (Å²) in [5, 5.41) is 8.27. The van der Waals surface area contributed by atoms with E-state index in [1.807, 2.05) is 0 Å². The van der Waals surface area contributed by atoms with E-state index in [-0.39, 0.29) is 34.2 Å². The van der Waals surface area contributed by atoms with E-state index in [1.165, 1.54) is 116 Å². The summed E-state index contributed by atoms with van der Waals surface area (Å²) >= 11 is 0. The molecule has 0 aromatic rings. The fourth-order valence-electron chi connectivity index (χ4n) is 10.4. The van der Waals surface area contributed by atoms with Gasteiger partial charge in [-0.2, -0.15) is 0 Å². The molecule has 0 radical (unpaired) electrons. The van der Waals surface area contributed by atoms with Crippen molar-refractivity contribution >= 4 is 6.03 Å². The summed E-state index contributed by atoms with van der Waals surface area (Å²) in [6.07, 6.45) is 32.9. The third kappa shape index (κ3) is 14.8. The minimum absolute atomic E-state index is 0.00890. The molecule has 0 aliphatic carbocycles. The van der Waals surface area contributed by atoms with Crippen LogP contribution in [0.1, 0.15) is 250 Å². The Hall–Kier alpha value is -0.810. The number of rotatable bonds is 28. The van der Waals surface area contributed by atoms with E-state index in [2.05, 4.69) is 104 Å². The van der Waals surface area contributed by atoms with Crippen LogP contribution in [0, 0.1) is 11.8 Å². The van der Waals surface area contributed by atoms with Crippen LogP contribution in [0.4, 0.5) is 4.79 Å². The first-order valence-corrected chi connectivity index (χ1v) is 24.4. The SMILES string of the molecule is CCCCCCCCCCCCN(C(=O)N(CCCCCCCCCCCC)C1CC(C)(CC)NC(C)(CC)C1C)C1CC(C)(CC)NC(C)(CC)C1C. The van der Waals surface area contributed by atoms with Gasteiger partial charge in [0.05, 0.1) is 0 Å². The van der Waals surface area contributed by atoms with Crippen LogP contribution in [0.2, 0.25) is 0 Å². The molecule has 2 aliphatic heterocycles. The maximum absolute atomic E-state index is 15.7. The highest BCUT2D eigenvalue weighted by Gasteiger charge is 2.52. The van der Waals surface area contributed by atoms with Gasteiger partial charge in [0.25, 0.3) is 0 Å². The highest BCUT2D eigenvalue weighted by Crippen LogP contribution is 2.43. The van der Waals surface area contributed by atoms with Crippen LogP contribution in [0.5, 0.6) is 0 Å². The van der Waals surface area contributed by atoms with Crippen molar-refractivity contribution in [2.24, 2.45) is 11.8 Å². The van der Waals surface area contributed by atoms with Crippen molar-refractivity contribution in [3.8, 4) is 0 Å². The molecule has 8 atom stereocenters. The topological polar surface area (TPSA) is 47.6 Å². The van der Waals surface area contributed by atoms with Gasteiger partial charge in [0.15, 0.2) is 0 Å². The van der Waals surface area contributed by atoms with E-state index in [0.717, 1.165) is 64.5 Å². The molecule has 0 aromatic heterocycles. The molecule has 5 heteroatoms. The van der Waals surface area contributed by atoms with Crippen molar-refractivity contribution < 1.29 is 4.79 Å². The molecule has 2 amide bonds. The predicted molar refractivity (Wildman–Crippen MR) is 239 cm³/mol. The van der Waals surface area contributed by atoms with Gasteiger partial charge < -0.3 is 20.4 Å². The lowest BCUT2D eigenvalue weighted by Crippen LogP contribution is -2.72. The van der Waals surface area contributed by atoms with Crippen molar-refractivity contribution in [3.63, 3.8) is 0 Å². The molecule has 2 saturated heterocycles.